The van der Waals surface area contributed by atoms with Gasteiger partial charge >= 0.3 is 6.03 Å². The number of amides is 2. The van der Waals surface area contributed by atoms with Crippen LogP contribution in [0.25, 0.3) is 0 Å². The maximum atomic E-state index is 12.3. The average Bonchev–Trinajstić information content (AvgIpc) is 2.68. The van der Waals surface area contributed by atoms with Crippen molar-refractivity contribution in [3.63, 3.8) is 0 Å². The Morgan fingerprint density at radius 2 is 1.00 bits per heavy atom. The van der Waals surface area contributed by atoms with Crippen molar-refractivity contribution in [1.82, 2.24) is 10.6 Å². The first-order chi connectivity index (χ1) is 11.8. The van der Waals surface area contributed by atoms with Gasteiger partial charge in [0, 0.05) is 7.05 Å². The molecule has 0 heterocycles. The van der Waals surface area contributed by atoms with Gasteiger partial charge in [-0.05, 0) is 16.7 Å². The second-order valence-corrected chi connectivity index (χ2v) is 5.55. The minimum Gasteiger partial charge on any atom is -0.341 e. The summed E-state index contributed by atoms with van der Waals surface area (Å²) in [5.41, 5.74) is 2.26. The van der Waals surface area contributed by atoms with E-state index in [0.717, 1.165) is 16.7 Å². The predicted octanol–water partition coefficient (Wildman–Crippen LogP) is 3.91. The van der Waals surface area contributed by atoms with E-state index in [1.807, 2.05) is 91.0 Å². The second kappa shape index (κ2) is 7.01. The molecule has 0 aliphatic heterocycles. The molecule has 2 N–H and O–H groups in total. The highest BCUT2D eigenvalue weighted by Gasteiger charge is 2.37. The Labute approximate surface area is 142 Å². The van der Waals surface area contributed by atoms with Gasteiger partial charge in [-0.3, -0.25) is 0 Å². The number of carbonyl (C=O) groups excluding carboxylic acids is 1. The van der Waals surface area contributed by atoms with Gasteiger partial charge in [0.05, 0.1) is 0 Å². The minimum absolute atomic E-state index is 0.230. The molecule has 0 saturated carbocycles. The molecule has 0 radical (unpaired) electrons. The van der Waals surface area contributed by atoms with Crippen molar-refractivity contribution in [1.29, 1.82) is 0 Å². The zero-order valence-electron chi connectivity index (χ0n) is 13.6. The number of hydrogen-bond donors (Lipinski definition) is 2. The van der Waals surface area contributed by atoms with Crippen LogP contribution in [0.3, 0.4) is 0 Å². The Balaban J connectivity index is 2.30. The molecule has 0 unspecified atom stereocenters. The van der Waals surface area contributed by atoms with E-state index < -0.39 is 5.54 Å². The van der Waals surface area contributed by atoms with E-state index in [4.69, 9.17) is 0 Å². The van der Waals surface area contributed by atoms with Crippen LogP contribution in [0.4, 0.5) is 4.79 Å². The molecule has 120 valence electrons. The summed E-state index contributed by atoms with van der Waals surface area (Å²) in [7, 11) is 1.63. The number of rotatable bonds is 4. The maximum Gasteiger partial charge on any atom is 0.315 e. The van der Waals surface area contributed by atoms with Gasteiger partial charge in [-0.25, -0.2) is 4.79 Å². The summed E-state index contributed by atoms with van der Waals surface area (Å²) in [6, 6.07) is 29.9. The molecule has 0 fully saturated rings. The van der Waals surface area contributed by atoms with Crippen LogP contribution in [0.1, 0.15) is 16.7 Å². The summed E-state index contributed by atoms with van der Waals surface area (Å²) in [6.45, 7) is 0. The highest BCUT2D eigenvalue weighted by molar-refractivity contribution is 5.77. The van der Waals surface area contributed by atoms with E-state index >= 15 is 0 Å². The number of benzene rings is 3. The van der Waals surface area contributed by atoms with Gasteiger partial charge in [-0.1, -0.05) is 91.0 Å². The SMILES string of the molecule is CNC(=O)NC(c1ccccc1)(c1ccccc1)c1ccccc1. The molecule has 0 bridgehead atoms. The van der Waals surface area contributed by atoms with Crippen LogP contribution in [0.15, 0.2) is 91.0 Å². The summed E-state index contributed by atoms with van der Waals surface area (Å²) in [4.78, 5) is 12.3. The van der Waals surface area contributed by atoms with Gasteiger partial charge in [-0.2, -0.15) is 0 Å². The summed E-state index contributed by atoms with van der Waals surface area (Å²) in [6.07, 6.45) is 0. The fourth-order valence-corrected chi connectivity index (χ4v) is 3.01. The molecule has 3 aromatic carbocycles. The lowest BCUT2D eigenvalue weighted by molar-refractivity contribution is 0.236. The zero-order valence-corrected chi connectivity index (χ0v) is 13.6. The van der Waals surface area contributed by atoms with Crippen LogP contribution >= 0.6 is 0 Å². The third-order valence-corrected chi connectivity index (χ3v) is 4.15. The molecule has 0 aromatic heterocycles. The maximum absolute atomic E-state index is 12.3. The van der Waals surface area contributed by atoms with Crippen LogP contribution in [0, 0.1) is 0 Å². The molecule has 0 aliphatic carbocycles. The Morgan fingerprint density at radius 1 is 0.667 bits per heavy atom. The van der Waals surface area contributed by atoms with Crippen LogP contribution in [0.5, 0.6) is 0 Å². The van der Waals surface area contributed by atoms with E-state index in [1.165, 1.54) is 0 Å². The van der Waals surface area contributed by atoms with Crippen molar-refractivity contribution >= 4 is 6.03 Å². The second-order valence-electron chi connectivity index (χ2n) is 5.55. The molecule has 0 aliphatic rings. The van der Waals surface area contributed by atoms with Crippen LogP contribution in [-0.4, -0.2) is 13.1 Å². The van der Waals surface area contributed by atoms with Crippen molar-refractivity contribution in [3.8, 4) is 0 Å². The number of nitrogens with one attached hydrogen (secondary N) is 2. The summed E-state index contributed by atoms with van der Waals surface area (Å²) >= 11 is 0. The van der Waals surface area contributed by atoms with E-state index in [0.29, 0.717) is 0 Å². The van der Waals surface area contributed by atoms with E-state index in [2.05, 4.69) is 10.6 Å². The van der Waals surface area contributed by atoms with Crippen LogP contribution in [0.2, 0.25) is 0 Å². The summed E-state index contributed by atoms with van der Waals surface area (Å²) in [5.74, 6) is 0. The van der Waals surface area contributed by atoms with Crippen LogP contribution in [-0.2, 0) is 5.54 Å². The summed E-state index contributed by atoms with van der Waals surface area (Å²) < 4.78 is 0. The minimum atomic E-state index is -0.760. The monoisotopic (exact) mass is 316 g/mol. The smallest absolute Gasteiger partial charge is 0.315 e. The third-order valence-electron chi connectivity index (χ3n) is 4.15. The largest absolute Gasteiger partial charge is 0.341 e. The predicted molar refractivity (Wildman–Crippen MR) is 96.8 cm³/mol. The molecule has 0 saturated heterocycles. The highest BCUT2D eigenvalue weighted by Crippen LogP contribution is 2.36. The summed E-state index contributed by atoms with van der Waals surface area (Å²) in [5, 5.41) is 5.86. The van der Waals surface area contributed by atoms with E-state index in [-0.39, 0.29) is 6.03 Å². The quantitative estimate of drug-likeness (QED) is 0.704. The van der Waals surface area contributed by atoms with E-state index in [1.54, 1.807) is 7.05 Å². The van der Waals surface area contributed by atoms with Crippen LogP contribution < -0.4 is 10.6 Å². The molecule has 2 amide bonds. The molecule has 0 spiro atoms. The molecular formula is C21H20N2O. The van der Waals surface area contributed by atoms with Gasteiger partial charge in [0.25, 0.3) is 0 Å². The normalized spacial score (nSPS) is 10.9. The van der Waals surface area contributed by atoms with Gasteiger partial charge in [-0.15, -0.1) is 0 Å². The highest BCUT2D eigenvalue weighted by atomic mass is 16.2. The molecule has 0 atom stereocenters. The van der Waals surface area contributed by atoms with Gasteiger partial charge in [0.15, 0.2) is 0 Å². The van der Waals surface area contributed by atoms with Gasteiger partial charge in [0.1, 0.15) is 5.54 Å². The number of hydrogen-bond acceptors (Lipinski definition) is 1. The first kappa shape index (κ1) is 15.8. The van der Waals surface area contributed by atoms with Crippen molar-refractivity contribution in [3.05, 3.63) is 108 Å². The lowest BCUT2D eigenvalue weighted by Gasteiger charge is -2.36. The molecule has 3 rings (SSSR count). The third kappa shape index (κ3) is 2.88. The first-order valence-corrected chi connectivity index (χ1v) is 7.94. The molecule has 24 heavy (non-hydrogen) atoms. The number of carbonyl (C=O) groups is 1. The standard InChI is InChI=1S/C21H20N2O/c1-22-20(24)23-21(17-11-5-2-6-12-17,18-13-7-3-8-14-18)19-15-9-4-10-16-19/h2-16H,1H3,(H2,22,23,24). The van der Waals surface area contributed by atoms with Crippen molar-refractivity contribution < 1.29 is 4.79 Å². The topological polar surface area (TPSA) is 41.1 Å². The van der Waals surface area contributed by atoms with Crippen molar-refractivity contribution in [2.24, 2.45) is 0 Å². The fraction of sp³-hybridized carbons (Fsp3) is 0.0952. The molecule has 3 aromatic rings. The van der Waals surface area contributed by atoms with Gasteiger partial charge in [0.2, 0.25) is 0 Å². The van der Waals surface area contributed by atoms with E-state index in [9.17, 15) is 4.79 Å². The average molecular weight is 316 g/mol. The zero-order chi connectivity index (χ0) is 16.8. The fourth-order valence-electron chi connectivity index (χ4n) is 3.01. The Hall–Kier alpha value is -3.07. The number of urea groups is 1. The molecule has 3 nitrogen and oxygen atoms in total. The Kier molecular flexibility index (Phi) is 4.62. The van der Waals surface area contributed by atoms with Crippen molar-refractivity contribution in [2.75, 3.05) is 7.05 Å². The lowest BCUT2D eigenvalue weighted by Crippen LogP contribution is -2.50. The molecular weight excluding hydrogens is 296 g/mol. The first-order valence-electron chi connectivity index (χ1n) is 7.94. The van der Waals surface area contributed by atoms with Crippen molar-refractivity contribution in [2.45, 2.75) is 5.54 Å². The van der Waals surface area contributed by atoms with Gasteiger partial charge < -0.3 is 10.6 Å². The molecule has 3 heteroatoms. The Bertz CT molecular complexity index is 689. The Morgan fingerprint density at radius 3 is 1.29 bits per heavy atom. The lowest BCUT2D eigenvalue weighted by atomic mass is 9.77.